The molecule has 4 atom stereocenters. The van der Waals surface area contributed by atoms with E-state index in [4.69, 9.17) is 4.74 Å². The number of ether oxygens (including phenoxy) is 1. The molecule has 6 rings (SSSR count). The summed E-state index contributed by atoms with van der Waals surface area (Å²) < 4.78 is 5.46. The van der Waals surface area contributed by atoms with Crippen LogP contribution < -0.4 is 10.1 Å². The highest BCUT2D eigenvalue weighted by atomic mass is 16.5. The van der Waals surface area contributed by atoms with Gasteiger partial charge < -0.3 is 15.0 Å². The lowest BCUT2D eigenvalue weighted by molar-refractivity contribution is -0.145. The predicted octanol–water partition coefficient (Wildman–Crippen LogP) is 7.44. The van der Waals surface area contributed by atoms with Crippen molar-refractivity contribution < 1.29 is 19.1 Å². The maximum absolute atomic E-state index is 14.8. The van der Waals surface area contributed by atoms with Gasteiger partial charge in [-0.2, -0.15) is 0 Å². The fourth-order valence-electron chi connectivity index (χ4n) is 7.37. The summed E-state index contributed by atoms with van der Waals surface area (Å²) >= 11 is 0. The zero-order chi connectivity index (χ0) is 32.0. The predicted molar refractivity (Wildman–Crippen MR) is 179 cm³/mol. The van der Waals surface area contributed by atoms with Crippen LogP contribution in [0.25, 0.3) is 0 Å². The summed E-state index contributed by atoms with van der Waals surface area (Å²) in [5.41, 5.74) is 4.36. The zero-order valence-corrected chi connectivity index (χ0v) is 26.6. The van der Waals surface area contributed by atoms with Gasteiger partial charge in [0.05, 0.1) is 19.1 Å². The highest BCUT2D eigenvalue weighted by Crippen LogP contribution is 2.52. The first-order valence-corrected chi connectivity index (χ1v) is 16.4. The lowest BCUT2D eigenvalue weighted by atomic mass is 9.76. The van der Waals surface area contributed by atoms with Crippen molar-refractivity contribution in [1.29, 1.82) is 0 Å². The molecule has 4 unspecified atom stereocenters. The number of hydrogen-bond acceptors (Lipinski definition) is 4. The standard InChI is InChI=1S/C40H42N2O4/c1-27-18-20-28(21-19-27)26-41-39(44)37-34(29-12-6-3-7-13-29)35(38(43)31-14-8-4-9-15-31)36(30-22-24-33(46-2)25-23-30)42(37)40(45)32-16-10-5-11-17-32/h3-4,6-9,12-15,18-25,32,34-37H,5,10-11,16-17,26H2,1-2H3,(H,41,44). The number of benzene rings is 4. The molecule has 2 aliphatic rings. The quantitative estimate of drug-likeness (QED) is 0.199. The molecule has 6 nitrogen and oxygen atoms in total. The minimum atomic E-state index is -0.882. The average Bonchev–Trinajstić information content (AvgIpc) is 3.48. The van der Waals surface area contributed by atoms with E-state index in [1.165, 1.54) is 0 Å². The number of carbonyl (C=O) groups excluding carboxylic acids is 3. The Balaban J connectivity index is 1.51. The number of aryl methyl sites for hydroxylation is 1. The highest BCUT2D eigenvalue weighted by molar-refractivity contribution is 6.02. The van der Waals surface area contributed by atoms with Gasteiger partial charge in [-0.1, -0.05) is 122 Å². The number of likely N-dealkylation sites (tertiary alicyclic amines) is 1. The second kappa shape index (κ2) is 14.2. The monoisotopic (exact) mass is 614 g/mol. The van der Waals surface area contributed by atoms with Crippen molar-refractivity contribution in [1.82, 2.24) is 10.2 Å². The van der Waals surface area contributed by atoms with Crippen LogP contribution in [0, 0.1) is 18.8 Å². The van der Waals surface area contributed by atoms with Crippen LogP contribution in [0.4, 0.5) is 0 Å². The number of carbonyl (C=O) groups is 3. The SMILES string of the molecule is COc1ccc(C2C(C(=O)c3ccccc3)C(c3ccccc3)C(C(=O)NCc3ccc(C)cc3)N2C(=O)C2CCCCC2)cc1. The van der Waals surface area contributed by atoms with Gasteiger partial charge in [-0.25, -0.2) is 0 Å². The van der Waals surface area contributed by atoms with E-state index in [9.17, 15) is 14.4 Å². The first kappa shape index (κ1) is 31.3. The van der Waals surface area contributed by atoms with Crippen molar-refractivity contribution in [3.8, 4) is 5.75 Å². The van der Waals surface area contributed by atoms with Gasteiger partial charge in [-0.3, -0.25) is 14.4 Å². The molecule has 1 N–H and O–H groups in total. The summed E-state index contributed by atoms with van der Waals surface area (Å²) in [5, 5.41) is 3.17. The van der Waals surface area contributed by atoms with E-state index >= 15 is 0 Å². The second-order valence-corrected chi connectivity index (χ2v) is 12.6. The highest BCUT2D eigenvalue weighted by Gasteiger charge is 2.58. The third-order valence-corrected chi connectivity index (χ3v) is 9.73. The normalized spacial score (nSPS) is 21.5. The fourth-order valence-corrected chi connectivity index (χ4v) is 7.37. The van der Waals surface area contributed by atoms with Crippen molar-refractivity contribution in [2.24, 2.45) is 11.8 Å². The smallest absolute Gasteiger partial charge is 0.243 e. The Hall–Kier alpha value is -4.71. The van der Waals surface area contributed by atoms with Crippen LogP contribution >= 0.6 is 0 Å². The largest absolute Gasteiger partial charge is 0.497 e. The van der Waals surface area contributed by atoms with E-state index in [2.05, 4.69) is 5.32 Å². The lowest BCUT2D eigenvalue weighted by Crippen LogP contribution is -2.50. The first-order chi connectivity index (χ1) is 22.5. The number of amides is 2. The van der Waals surface area contributed by atoms with Crippen LogP contribution in [0.2, 0.25) is 0 Å². The number of rotatable bonds is 9. The number of ketones is 1. The minimum absolute atomic E-state index is 0.0414. The Labute approximate surface area is 271 Å². The van der Waals surface area contributed by atoms with Crippen molar-refractivity contribution >= 4 is 17.6 Å². The Morgan fingerprint density at radius 3 is 2.02 bits per heavy atom. The van der Waals surface area contributed by atoms with Gasteiger partial charge in [0.25, 0.3) is 0 Å². The number of nitrogens with zero attached hydrogens (tertiary/aromatic N) is 1. The van der Waals surface area contributed by atoms with Gasteiger partial charge in [0.2, 0.25) is 11.8 Å². The molecular weight excluding hydrogens is 572 g/mol. The van der Waals surface area contributed by atoms with Crippen LogP contribution in [-0.2, 0) is 16.1 Å². The molecular formula is C40H42N2O4. The van der Waals surface area contributed by atoms with E-state index in [-0.39, 0.29) is 23.5 Å². The lowest BCUT2D eigenvalue weighted by Gasteiger charge is -2.35. The summed E-state index contributed by atoms with van der Waals surface area (Å²) in [4.78, 5) is 46.0. The van der Waals surface area contributed by atoms with Gasteiger partial charge >= 0.3 is 0 Å². The van der Waals surface area contributed by atoms with Gasteiger partial charge in [-0.05, 0) is 48.6 Å². The maximum Gasteiger partial charge on any atom is 0.243 e. The topological polar surface area (TPSA) is 75.7 Å². The van der Waals surface area contributed by atoms with Crippen LogP contribution in [0.3, 0.4) is 0 Å². The zero-order valence-electron chi connectivity index (χ0n) is 26.6. The summed E-state index contributed by atoms with van der Waals surface area (Å²) in [7, 11) is 1.62. The van der Waals surface area contributed by atoms with Crippen molar-refractivity contribution in [3.05, 3.63) is 137 Å². The molecule has 1 saturated heterocycles. The Kier molecular flexibility index (Phi) is 9.62. The Morgan fingerprint density at radius 2 is 1.39 bits per heavy atom. The number of nitrogens with one attached hydrogen (secondary N) is 1. The molecule has 1 heterocycles. The van der Waals surface area contributed by atoms with Crippen LogP contribution in [-0.4, -0.2) is 35.6 Å². The molecule has 1 aliphatic carbocycles. The van der Waals surface area contributed by atoms with Gasteiger partial charge in [-0.15, -0.1) is 0 Å². The molecule has 4 aromatic rings. The molecule has 0 radical (unpaired) electrons. The average molecular weight is 615 g/mol. The van der Waals surface area contributed by atoms with Crippen molar-refractivity contribution in [2.45, 2.75) is 63.6 Å². The molecule has 0 aromatic heterocycles. The van der Waals surface area contributed by atoms with E-state index in [1.807, 2.05) is 116 Å². The van der Waals surface area contributed by atoms with Crippen molar-refractivity contribution in [3.63, 3.8) is 0 Å². The number of hydrogen-bond donors (Lipinski definition) is 1. The third-order valence-electron chi connectivity index (χ3n) is 9.73. The van der Waals surface area contributed by atoms with E-state index in [0.29, 0.717) is 17.9 Å². The summed E-state index contributed by atoms with van der Waals surface area (Å²) in [6.07, 6.45) is 4.64. The maximum atomic E-state index is 14.8. The Morgan fingerprint density at radius 1 is 0.761 bits per heavy atom. The first-order valence-electron chi connectivity index (χ1n) is 16.4. The van der Waals surface area contributed by atoms with E-state index in [0.717, 1.165) is 54.4 Å². The van der Waals surface area contributed by atoms with Crippen LogP contribution in [0.1, 0.15) is 76.7 Å². The summed E-state index contributed by atoms with van der Waals surface area (Å²) in [5.74, 6) is -1.13. The van der Waals surface area contributed by atoms with E-state index < -0.39 is 23.9 Å². The molecule has 1 saturated carbocycles. The molecule has 0 spiro atoms. The molecule has 2 amide bonds. The minimum Gasteiger partial charge on any atom is -0.497 e. The molecule has 0 bridgehead atoms. The van der Waals surface area contributed by atoms with Gasteiger partial charge in [0, 0.05) is 23.9 Å². The Bertz CT molecular complexity index is 1630. The van der Waals surface area contributed by atoms with Crippen LogP contribution in [0.15, 0.2) is 109 Å². The third kappa shape index (κ3) is 6.48. The fraction of sp³-hybridized carbons (Fsp3) is 0.325. The molecule has 46 heavy (non-hydrogen) atoms. The molecule has 1 aliphatic heterocycles. The summed E-state index contributed by atoms with van der Waals surface area (Å²) in [6.45, 7) is 2.36. The van der Waals surface area contributed by atoms with Crippen LogP contribution in [0.5, 0.6) is 5.75 Å². The van der Waals surface area contributed by atoms with Crippen molar-refractivity contribution in [2.75, 3.05) is 7.11 Å². The molecule has 236 valence electrons. The molecule has 6 heteroatoms. The van der Waals surface area contributed by atoms with E-state index in [1.54, 1.807) is 12.0 Å². The van der Waals surface area contributed by atoms with Gasteiger partial charge in [0.15, 0.2) is 5.78 Å². The second-order valence-electron chi connectivity index (χ2n) is 12.6. The number of Topliss-reactive ketones (excluding diaryl/α,β-unsaturated/α-hetero) is 1. The molecule has 4 aromatic carbocycles. The number of methoxy groups -OCH3 is 1. The van der Waals surface area contributed by atoms with Gasteiger partial charge in [0.1, 0.15) is 11.8 Å². The molecule has 2 fully saturated rings. The summed E-state index contributed by atoms with van der Waals surface area (Å²) in [6, 6.07) is 33.2.